The van der Waals surface area contributed by atoms with Crippen molar-refractivity contribution < 1.29 is 28.5 Å². The molecule has 1 aliphatic rings. The zero-order valence-electron chi connectivity index (χ0n) is 18.6. The summed E-state index contributed by atoms with van der Waals surface area (Å²) < 4.78 is 22.4. The second-order valence-electron chi connectivity index (χ2n) is 7.10. The van der Waals surface area contributed by atoms with Crippen molar-refractivity contribution in [2.45, 2.75) is 13.8 Å². The maximum Gasteiger partial charge on any atom is 0.260 e. The molecule has 3 rings (SSSR count). The summed E-state index contributed by atoms with van der Waals surface area (Å²) in [5.41, 5.74) is 0. The van der Waals surface area contributed by atoms with Crippen molar-refractivity contribution >= 4 is 11.8 Å². The summed E-state index contributed by atoms with van der Waals surface area (Å²) in [6.07, 6.45) is 0. The van der Waals surface area contributed by atoms with Crippen molar-refractivity contribution in [1.29, 1.82) is 0 Å². The molecule has 32 heavy (non-hydrogen) atoms. The van der Waals surface area contributed by atoms with Gasteiger partial charge in [-0.15, -0.1) is 0 Å². The lowest BCUT2D eigenvalue weighted by molar-refractivity contribution is -0.141. The minimum absolute atomic E-state index is 0.0740. The number of piperazine rings is 1. The number of nitrogens with zero attached hydrogens (tertiary/aromatic N) is 2. The van der Waals surface area contributed by atoms with Gasteiger partial charge in [0.05, 0.1) is 13.2 Å². The predicted molar refractivity (Wildman–Crippen MR) is 119 cm³/mol. The summed E-state index contributed by atoms with van der Waals surface area (Å²) in [6, 6.07) is 14.6. The lowest BCUT2D eigenvalue weighted by Gasteiger charge is -2.34. The van der Waals surface area contributed by atoms with Gasteiger partial charge < -0.3 is 28.7 Å². The van der Waals surface area contributed by atoms with E-state index < -0.39 is 0 Å². The van der Waals surface area contributed by atoms with Gasteiger partial charge in [0.25, 0.3) is 11.8 Å². The van der Waals surface area contributed by atoms with Crippen molar-refractivity contribution in [3.8, 4) is 23.0 Å². The van der Waals surface area contributed by atoms with Crippen molar-refractivity contribution in [1.82, 2.24) is 9.80 Å². The fraction of sp³-hybridized carbons (Fsp3) is 0.417. The molecule has 1 aliphatic heterocycles. The van der Waals surface area contributed by atoms with Crippen LogP contribution < -0.4 is 18.9 Å². The van der Waals surface area contributed by atoms with Crippen LogP contribution in [0.1, 0.15) is 13.8 Å². The Morgan fingerprint density at radius 3 is 1.25 bits per heavy atom. The van der Waals surface area contributed by atoms with Gasteiger partial charge in [-0.1, -0.05) is 24.3 Å². The number of benzene rings is 2. The predicted octanol–water partition coefficient (Wildman–Crippen LogP) is 2.61. The Morgan fingerprint density at radius 2 is 0.938 bits per heavy atom. The molecule has 8 nitrogen and oxygen atoms in total. The van der Waals surface area contributed by atoms with Crippen LogP contribution in [0.4, 0.5) is 0 Å². The van der Waals surface area contributed by atoms with E-state index in [2.05, 4.69) is 0 Å². The first-order valence-corrected chi connectivity index (χ1v) is 10.9. The molecule has 1 fully saturated rings. The highest BCUT2D eigenvalue weighted by molar-refractivity contribution is 5.80. The molecule has 0 saturated carbocycles. The van der Waals surface area contributed by atoms with E-state index in [1.54, 1.807) is 21.9 Å². The lowest BCUT2D eigenvalue weighted by atomic mass is 10.3. The fourth-order valence-electron chi connectivity index (χ4n) is 3.36. The molecule has 0 aliphatic carbocycles. The Hall–Kier alpha value is -3.42. The highest BCUT2D eigenvalue weighted by atomic mass is 16.5. The highest BCUT2D eigenvalue weighted by Crippen LogP contribution is 2.27. The molecule has 0 atom stereocenters. The Labute approximate surface area is 188 Å². The molecular weight excluding hydrogens is 412 g/mol. The van der Waals surface area contributed by atoms with Gasteiger partial charge >= 0.3 is 0 Å². The second kappa shape index (κ2) is 11.8. The molecule has 2 amide bonds. The first-order chi connectivity index (χ1) is 15.6. The molecule has 0 unspecified atom stereocenters. The maximum absolute atomic E-state index is 12.5. The molecule has 0 bridgehead atoms. The number of para-hydroxylation sites is 4. The second-order valence-corrected chi connectivity index (χ2v) is 7.10. The van der Waals surface area contributed by atoms with E-state index in [4.69, 9.17) is 18.9 Å². The van der Waals surface area contributed by atoms with Crippen LogP contribution in [0.5, 0.6) is 23.0 Å². The fourth-order valence-corrected chi connectivity index (χ4v) is 3.36. The third kappa shape index (κ3) is 6.29. The summed E-state index contributed by atoms with van der Waals surface area (Å²) in [5, 5.41) is 0. The molecule has 172 valence electrons. The lowest BCUT2D eigenvalue weighted by Crippen LogP contribution is -2.52. The van der Waals surface area contributed by atoms with E-state index in [9.17, 15) is 9.59 Å². The highest BCUT2D eigenvalue weighted by Gasteiger charge is 2.25. The van der Waals surface area contributed by atoms with Gasteiger partial charge in [0, 0.05) is 26.2 Å². The minimum atomic E-state index is -0.120. The quantitative estimate of drug-likeness (QED) is 0.563. The third-order valence-corrected chi connectivity index (χ3v) is 4.99. The van der Waals surface area contributed by atoms with Crippen LogP contribution in [0.2, 0.25) is 0 Å². The van der Waals surface area contributed by atoms with Crippen LogP contribution >= 0.6 is 0 Å². The minimum Gasteiger partial charge on any atom is -0.490 e. The molecule has 0 N–H and O–H groups in total. The van der Waals surface area contributed by atoms with Gasteiger partial charge in [-0.05, 0) is 38.1 Å². The SMILES string of the molecule is CCOc1ccccc1OCC(=O)N1CCN(C(=O)COc2ccccc2OCC)CC1. The number of carbonyl (C=O) groups excluding carboxylic acids is 2. The monoisotopic (exact) mass is 442 g/mol. The zero-order chi connectivity index (χ0) is 22.8. The number of rotatable bonds is 10. The van der Waals surface area contributed by atoms with Gasteiger partial charge in [0.15, 0.2) is 36.2 Å². The number of hydrogen-bond donors (Lipinski definition) is 0. The summed E-state index contributed by atoms with van der Waals surface area (Å²) in [5.74, 6) is 2.07. The smallest absolute Gasteiger partial charge is 0.260 e. The van der Waals surface area contributed by atoms with E-state index in [1.807, 2.05) is 50.2 Å². The molecule has 2 aromatic rings. The Morgan fingerprint density at radius 1 is 0.625 bits per heavy atom. The summed E-state index contributed by atoms with van der Waals surface area (Å²) >= 11 is 0. The van der Waals surface area contributed by atoms with Crippen molar-refractivity contribution in [2.75, 3.05) is 52.6 Å². The van der Waals surface area contributed by atoms with Crippen LogP contribution in [0.15, 0.2) is 48.5 Å². The van der Waals surface area contributed by atoms with Gasteiger partial charge in [0.1, 0.15) is 0 Å². The maximum atomic E-state index is 12.5. The van der Waals surface area contributed by atoms with Crippen LogP contribution in [-0.2, 0) is 9.59 Å². The normalized spacial score (nSPS) is 13.4. The van der Waals surface area contributed by atoms with E-state index in [0.717, 1.165) is 0 Å². The Balaban J connectivity index is 1.43. The molecule has 2 aromatic carbocycles. The molecule has 0 radical (unpaired) electrons. The van der Waals surface area contributed by atoms with Crippen LogP contribution in [-0.4, -0.2) is 74.2 Å². The average Bonchev–Trinajstić information content (AvgIpc) is 2.83. The molecule has 0 spiro atoms. The van der Waals surface area contributed by atoms with Gasteiger partial charge in [0.2, 0.25) is 0 Å². The van der Waals surface area contributed by atoms with E-state index in [0.29, 0.717) is 62.4 Å². The zero-order valence-corrected chi connectivity index (χ0v) is 18.6. The van der Waals surface area contributed by atoms with E-state index in [-0.39, 0.29) is 25.0 Å². The van der Waals surface area contributed by atoms with Crippen LogP contribution in [0.3, 0.4) is 0 Å². The van der Waals surface area contributed by atoms with Gasteiger partial charge in [-0.2, -0.15) is 0 Å². The molecule has 1 saturated heterocycles. The standard InChI is InChI=1S/C24H30N2O6/c1-3-29-19-9-5-7-11-21(19)31-17-23(27)25-13-15-26(16-14-25)24(28)18-32-22-12-8-6-10-20(22)30-4-2/h5-12H,3-4,13-18H2,1-2H3. The van der Waals surface area contributed by atoms with Gasteiger partial charge in [-0.25, -0.2) is 0 Å². The summed E-state index contributed by atoms with van der Waals surface area (Å²) in [6.45, 7) is 6.50. The van der Waals surface area contributed by atoms with E-state index >= 15 is 0 Å². The largest absolute Gasteiger partial charge is 0.490 e. The number of hydrogen-bond acceptors (Lipinski definition) is 6. The summed E-state index contributed by atoms with van der Waals surface area (Å²) in [7, 11) is 0. The summed E-state index contributed by atoms with van der Waals surface area (Å²) in [4.78, 5) is 28.5. The first kappa shape index (κ1) is 23.2. The molecular formula is C24H30N2O6. The van der Waals surface area contributed by atoms with Crippen molar-refractivity contribution in [2.24, 2.45) is 0 Å². The Kier molecular flexibility index (Phi) is 8.60. The molecule has 1 heterocycles. The molecule has 0 aromatic heterocycles. The average molecular weight is 443 g/mol. The van der Waals surface area contributed by atoms with Crippen LogP contribution in [0.25, 0.3) is 0 Å². The number of amides is 2. The molecule has 8 heteroatoms. The first-order valence-electron chi connectivity index (χ1n) is 10.9. The van der Waals surface area contributed by atoms with Gasteiger partial charge in [-0.3, -0.25) is 9.59 Å². The van der Waals surface area contributed by atoms with Crippen LogP contribution in [0, 0.1) is 0 Å². The Bertz CT molecular complexity index is 822. The topological polar surface area (TPSA) is 77.5 Å². The van der Waals surface area contributed by atoms with Crippen molar-refractivity contribution in [3.05, 3.63) is 48.5 Å². The number of ether oxygens (including phenoxy) is 4. The number of carbonyl (C=O) groups is 2. The van der Waals surface area contributed by atoms with Crippen molar-refractivity contribution in [3.63, 3.8) is 0 Å². The van der Waals surface area contributed by atoms with E-state index in [1.165, 1.54) is 0 Å². The third-order valence-electron chi connectivity index (χ3n) is 4.99.